The van der Waals surface area contributed by atoms with Crippen molar-refractivity contribution in [3.05, 3.63) is 83.4 Å². The van der Waals surface area contributed by atoms with Crippen LogP contribution in [0.25, 0.3) is 0 Å². The van der Waals surface area contributed by atoms with Gasteiger partial charge in [0, 0.05) is 22.6 Å². The van der Waals surface area contributed by atoms with E-state index in [1.165, 1.54) is 6.92 Å². The molecule has 0 aromatic heterocycles. The van der Waals surface area contributed by atoms with Crippen molar-refractivity contribution in [1.29, 1.82) is 0 Å². The van der Waals surface area contributed by atoms with Gasteiger partial charge in [0.15, 0.2) is 5.78 Å². The van der Waals surface area contributed by atoms with Gasteiger partial charge in [0.05, 0.1) is 4.90 Å². The van der Waals surface area contributed by atoms with E-state index in [9.17, 15) is 13.2 Å². The molecule has 3 aromatic rings. The Balaban J connectivity index is 1.74. The topological polar surface area (TPSA) is 75.3 Å². The number of nitrogens with one attached hydrogen (secondary N) is 2. The van der Waals surface area contributed by atoms with Crippen molar-refractivity contribution < 1.29 is 13.2 Å². The van der Waals surface area contributed by atoms with Gasteiger partial charge in [-0.2, -0.15) is 0 Å². The lowest BCUT2D eigenvalue weighted by atomic mass is 10.1. The molecule has 3 rings (SSSR count). The molecule has 0 unspecified atom stereocenters. The molecule has 0 radical (unpaired) electrons. The first kappa shape index (κ1) is 19.6. The second kappa shape index (κ2) is 7.86. The van der Waals surface area contributed by atoms with Gasteiger partial charge in [0.1, 0.15) is 0 Å². The van der Waals surface area contributed by atoms with Gasteiger partial charge in [-0.25, -0.2) is 8.42 Å². The molecule has 0 aliphatic heterocycles. The lowest BCUT2D eigenvalue weighted by molar-refractivity contribution is 0.101. The van der Waals surface area contributed by atoms with Crippen LogP contribution in [0.3, 0.4) is 0 Å². The van der Waals surface area contributed by atoms with Crippen LogP contribution in [0.4, 0.5) is 17.1 Å². The zero-order valence-corrected chi connectivity index (χ0v) is 16.8. The van der Waals surface area contributed by atoms with Crippen molar-refractivity contribution in [2.24, 2.45) is 0 Å². The molecule has 0 bridgehead atoms. The van der Waals surface area contributed by atoms with E-state index in [0.717, 1.165) is 22.5 Å². The number of carbonyl (C=O) groups is 1. The molecule has 0 saturated heterocycles. The van der Waals surface area contributed by atoms with Crippen LogP contribution in [-0.4, -0.2) is 14.2 Å². The van der Waals surface area contributed by atoms with E-state index in [-0.39, 0.29) is 10.7 Å². The molecule has 0 saturated carbocycles. The Morgan fingerprint density at radius 3 is 2.11 bits per heavy atom. The molecule has 0 heterocycles. The molecule has 3 aromatic carbocycles. The molecule has 0 fully saturated rings. The molecule has 0 atom stereocenters. The zero-order valence-electron chi connectivity index (χ0n) is 16.0. The van der Waals surface area contributed by atoms with Crippen molar-refractivity contribution >= 4 is 32.9 Å². The normalized spacial score (nSPS) is 11.1. The third kappa shape index (κ3) is 4.58. The minimum Gasteiger partial charge on any atom is -0.356 e. The Bertz CT molecular complexity index is 1120. The van der Waals surface area contributed by atoms with E-state index in [1.54, 1.807) is 54.6 Å². The summed E-state index contributed by atoms with van der Waals surface area (Å²) in [5.41, 5.74) is 4.65. The number of hydrogen-bond donors (Lipinski definition) is 2. The average molecular weight is 394 g/mol. The average Bonchev–Trinajstić information content (AvgIpc) is 2.65. The zero-order chi connectivity index (χ0) is 20.3. The molecule has 5 nitrogen and oxygen atoms in total. The standard InChI is InChI=1S/C22H22N2O3S/c1-15-7-12-22(13-16(15)2)28(26,27)24-20-10-8-19(9-11-20)23-21-6-4-5-18(14-21)17(3)25/h4-14,23-24H,1-3H3. The molecule has 0 amide bonds. The lowest BCUT2D eigenvalue weighted by Gasteiger charge is -2.11. The third-order valence-electron chi connectivity index (χ3n) is 4.48. The largest absolute Gasteiger partial charge is 0.356 e. The highest BCUT2D eigenvalue weighted by Crippen LogP contribution is 2.22. The molecule has 144 valence electrons. The SMILES string of the molecule is CC(=O)c1cccc(Nc2ccc(NS(=O)(=O)c3ccc(C)c(C)c3)cc2)c1. The first-order valence-electron chi connectivity index (χ1n) is 8.83. The number of benzene rings is 3. The van der Waals surface area contributed by atoms with Crippen molar-refractivity contribution in [3.8, 4) is 0 Å². The molecular formula is C22H22N2O3S. The van der Waals surface area contributed by atoms with Crippen molar-refractivity contribution in [2.45, 2.75) is 25.7 Å². The molecule has 28 heavy (non-hydrogen) atoms. The fraction of sp³-hybridized carbons (Fsp3) is 0.136. The summed E-state index contributed by atoms with van der Waals surface area (Å²) in [6.45, 7) is 5.35. The van der Waals surface area contributed by atoms with Gasteiger partial charge in [-0.05, 0) is 80.4 Å². The maximum Gasteiger partial charge on any atom is 0.261 e. The van der Waals surface area contributed by atoms with E-state index >= 15 is 0 Å². The van der Waals surface area contributed by atoms with Crippen LogP contribution in [0, 0.1) is 13.8 Å². The van der Waals surface area contributed by atoms with Gasteiger partial charge in [0.25, 0.3) is 10.0 Å². The highest BCUT2D eigenvalue weighted by molar-refractivity contribution is 7.92. The van der Waals surface area contributed by atoms with Crippen molar-refractivity contribution in [2.75, 3.05) is 10.0 Å². The molecule has 0 spiro atoms. The van der Waals surface area contributed by atoms with Gasteiger partial charge in [0.2, 0.25) is 0 Å². The summed E-state index contributed by atoms with van der Waals surface area (Å²) in [7, 11) is -3.65. The number of sulfonamides is 1. The number of hydrogen-bond acceptors (Lipinski definition) is 4. The minimum atomic E-state index is -3.65. The summed E-state index contributed by atoms with van der Waals surface area (Å²) in [6.07, 6.45) is 0. The Morgan fingerprint density at radius 1 is 0.786 bits per heavy atom. The van der Waals surface area contributed by atoms with Gasteiger partial charge >= 0.3 is 0 Å². The van der Waals surface area contributed by atoms with Crippen molar-refractivity contribution in [3.63, 3.8) is 0 Å². The first-order chi connectivity index (χ1) is 13.2. The Labute approximate surface area is 165 Å². The number of anilines is 3. The second-order valence-corrected chi connectivity index (χ2v) is 8.37. The maximum absolute atomic E-state index is 12.6. The van der Waals surface area contributed by atoms with Crippen LogP contribution in [0.15, 0.2) is 71.6 Å². The van der Waals surface area contributed by atoms with Gasteiger partial charge < -0.3 is 5.32 Å². The molecule has 6 heteroatoms. The summed E-state index contributed by atoms with van der Waals surface area (Å²) >= 11 is 0. The Hall–Kier alpha value is -3.12. The first-order valence-corrected chi connectivity index (χ1v) is 10.3. The van der Waals surface area contributed by atoms with Gasteiger partial charge in [-0.3, -0.25) is 9.52 Å². The summed E-state index contributed by atoms with van der Waals surface area (Å²) in [4.78, 5) is 11.7. The van der Waals surface area contributed by atoms with Crippen LogP contribution in [0.1, 0.15) is 28.4 Å². The number of ketones is 1. The van der Waals surface area contributed by atoms with Crippen LogP contribution < -0.4 is 10.0 Å². The highest BCUT2D eigenvalue weighted by Gasteiger charge is 2.14. The highest BCUT2D eigenvalue weighted by atomic mass is 32.2. The molecule has 2 N–H and O–H groups in total. The summed E-state index contributed by atoms with van der Waals surface area (Å²) in [5.74, 6) is -0.000234. The number of carbonyl (C=O) groups excluding carboxylic acids is 1. The predicted molar refractivity (Wildman–Crippen MR) is 113 cm³/mol. The predicted octanol–water partition coefficient (Wildman–Crippen LogP) is 5.05. The number of Topliss-reactive ketones (excluding diaryl/α,β-unsaturated/α-hetero) is 1. The molecule has 0 aliphatic carbocycles. The summed E-state index contributed by atoms with van der Waals surface area (Å²) < 4.78 is 27.8. The maximum atomic E-state index is 12.6. The van der Waals surface area contributed by atoms with E-state index in [0.29, 0.717) is 11.3 Å². The van der Waals surface area contributed by atoms with Gasteiger partial charge in [-0.15, -0.1) is 0 Å². The minimum absolute atomic E-state index is 0.000234. The second-order valence-electron chi connectivity index (χ2n) is 6.69. The van der Waals surface area contributed by atoms with E-state index in [1.807, 2.05) is 26.0 Å². The number of rotatable bonds is 6. The lowest BCUT2D eigenvalue weighted by Crippen LogP contribution is -2.13. The molecular weight excluding hydrogens is 372 g/mol. The van der Waals surface area contributed by atoms with E-state index < -0.39 is 10.0 Å². The van der Waals surface area contributed by atoms with E-state index in [4.69, 9.17) is 0 Å². The smallest absolute Gasteiger partial charge is 0.261 e. The quantitative estimate of drug-likeness (QED) is 0.574. The third-order valence-corrected chi connectivity index (χ3v) is 5.86. The summed E-state index contributed by atoms with van der Waals surface area (Å²) in [6, 6.07) is 19.2. The monoisotopic (exact) mass is 394 g/mol. The van der Waals surface area contributed by atoms with Crippen LogP contribution >= 0.6 is 0 Å². The van der Waals surface area contributed by atoms with Gasteiger partial charge in [-0.1, -0.05) is 18.2 Å². The van der Waals surface area contributed by atoms with Crippen molar-refractivity contribution in [1.82, 2.24) is 0 Å². The van der Waals surface area contributed by atoms with Crippen LogP contribution in [-0.2, 0) is 10.0 Å². The Morgan fingerprint density at radius 2 is 1.46 bits per heavy atom. The summed E-state index contributed by atoms with van der Waals surface area (Å²) in [5, 5.41) is 3.21. The van der Waals surface area contributed by atoms with Crippen LogP contribution in [0.5, 0.6) is 0 Å². The fourth-order valence-corrected chi connectivity index (χ4v) is 3.84. The van der Waals surface area contributed by atoms with Crippen LogP contribution in [0.2, 0.25) is 0 Å². The molecule has 0 aliphatic rings. The Kier molecular flexibility index (Phi) is 5.51. The fourth-order valence-electron chi connectivity index (χ4n) is 2.70. The van der Waals surface area contributed by atoms with E-state index in [2.05, 4.69) is 10.0 Å². The number of aryl methyl sites for hydroxylation is 2.